The normalized spacial score (nSPS) is 20.7. The van der Waals surface area contributed by atoms with Gasteiger partial charge >= 0.3 is 17.9 Å². The van der Waals surface area contributed by atoms with Gasteiger partial charge in [0.25, 0.3) is 0 Å². The second kappa shape index (κ2) is 15.2. The third-order valence-electron chi connectivity index (χ3n) is 7.57. The number of phenolic OH excluding ortho intramolecular Hbond substituents is 1. The average Bonchev–Trinajstić information content (AvgIpc) is 3.09. The standard InChI is InChI=1S/C36H35NO9/c1-23-31(45-34(40)26-13-7-3-8-14-26)30(22-42-33(39)25-11-5-2-6-12-25)44-36(32(23)46-35(41)27-15-9-4-10-16-27)43-29-18-17-24(19-20-37)21-28(29)38/h2-18,21,23,30-32,36,38H,19-20,22,37H2,1H3. The molecule has 10 nitrogen and oxygen atoms in total. The summed E-state index contributed by atoms with van der Waals surface area (Å²) in [5, 5.41) is 10.8. The molecule has 0 bridgehead atoms. The van der Waals surface area contributed by atoms with Crippen LogP contribution < -0.4 is 10.5 Å². The molecule has 5 unspecified atom stereocenters. The van der Waals surface area contributed by atoms with Crippen molar-refractivity contribution >= 4 is 17.9 Å². The molecule has 10 heteroatoms. The van der Waals surface area contributed by atoms with Crippen LogP contribution in [0.2, 0.25) is 0 Å². The molecule has 1 aliphatic heterocycles. The lowest BCUT2D eigenvalue weighted by Gasteiger charge is -2.43. The molecule has 1 fully saturated rings. The van der Waals surface area contributed by atoms with Crippen molar-refractivity contribution in [2.24, 2.45) is 11.7 Å². The highest BCUT2D eigenvalue weighted by molar-refractivity contribution is 5.90. The summed E-state index contributed by atoms with van der Waals surface area (Å²) in [6.45, 7) is 1.80. The molecule has 1 aliphatic rings. The van der Waals surface area contributed by atoms with E-state index in [1.54, 1.807) is 110 Å². The van der Waals surface area contributed by atoms with Crippen LogP contribution in [0.15, 0.2) is 109 Å². The van der Waals surface area contributed by atoms with Gasteiger partial charge in [-0.3, -0.25) is 0 Å². The minimum absolute atomic E-state index is 0.0680. The lowest BCUT2D eigenvalue weighted by molar-refractivity contribution is -0.259. The van der Waals surface area contributed by atoms with Gasteiger partial charge in [-0.25, -0.2) is 14.4 Å². The number of hydrogen-bond donors (Lipinski definition) is 2. The van der Waals surface area contributed by atoms with Crippen molar-refractivity contribution in [3.05, 3.63) is 131 Å². The van der Waals surface area contributed by atoms with Crippen LogP contribution in [0.1, 0.15) is 43.6 Å². The molecule has 4 aromatic carbocycles. The van der Waals surface area contributed by atoms with Gasteiger partial charge in [0.05, 0.1) is 16.7 Å². The molecule has 0 aliphatic carbocycles. The maximum Gasteiger partial charge on any atom is 0.338 e. The van der Waals surface area contributed by atoms with Gasteiger partial charge in [-0.1, -0.05) is 67.6 Å². The van der Waals surface area contributed by atoms with Crippen molar-refractivity contribution in [3.8, 4) is 11.5 Å². The van der Waals surface area contributed by atoms with E-state index in [1.807, 2.05) is 0 Å². The number of carbonyl (C=O) groups excluding carboxylic acids is 3. The van der Waals surface area contributed by atoms with E-state index in [0.29, 0.717) is 29.7 Å². The van der Waals surface area contributed by atoms with Crippen LogP contribution >= 0.6 is 0 Å². The topological polar surface area (TPSA) is 144 Å². The number of nitrogens with two attached hydrogens (primary N) is 1. The molecule has 0 saturated carbocycles. The van der Waals surface area contributed by atoms with E-state index in [1.165, 1.54) is 6.07 Å². The summed E-state index contributed by atoms with van der Waals surface area (Å²) in [5.41, 5.74) is 7.38. The minimum atomic E-state index is -1.29. The van der Waals surface area contributed by atoms with Gasteiger partial charge in [-0.15, -0.1) is 0 Å². The quantitative estimate of drug-likeness (QED) is 0.174. The minimum Gasteiger partial charge on any atom is -0.504 e. The highest BCUT2D eigenvalue weighted by Crippen LogP contribution is 2.36. The Balaban J connectivity index is 1.46. The smallest absolute Gasteiger partial charge is 0.338 e. The van der Waals surface area contributed by atoms with Crippen molar-refractivity contribution in [1.29, 1.82) is 0 Å². The SMILES string of the molecule is CC1C(OC(=O)c2ccccc2)C(COC(=O)c2ccccc2)OC(Oc2ccc(CCN)cc2O)C1OC(=O)c1ccccc1. The molecule has 3 N–H and O–H groups in total. The van der Waals surface area contributed by atoms with E-state index >= 15 is 0 Å². The second-order valence-corrected chi connectivity index (χ2v) is 10.8. The van der Waals surface area contributed by atoms with Gasteiger partial charge in [0.15, 0.2) is 17.6 Å². The Labute approximate surface area is 266 Å². The van der Waals surface area contributed by atoms with Gasteiger partial charge < -0.3 is 34.5 Å². The predicted molar refractivity (Wildman–Crippen MR) is 167 cm³/mol. The summed E-state index contributed by atoms with van der Waals surface area (Å²) in [6.07, 6.45) is -3.94. The van der Waals surface area contributed by atoms with Gasteiger partial charge in [-0.2, -0.15) is 0 Å². The summed E-state index contributed by atoms with van der Waals surface area (Å²) in [5.74, 6) is -2.72. The number of esters is 3. The molecule has 1 heterocycles. The Morgan fingerprint density at radius 2 is 1.26 bits per heavy atom. The van der Waals surface area contributed by atoms with E-state index in [4.69, 9.17) is 29.4 Å². The number of phenols is 1. The Morgan fingerprint density at radius 3 is 1.78 bits per heavy atom. The first kappa shape index (κ1) is 32.2. The van der Waals surface area contributed by atoms with Crippen LogP contribution in [0.3, 0.4) is 0 Å². The first-order valence-electron chi connectivity index (χ1n) is 14.9. The van der Waals surface area contributed by atoms with Crippen LogP contribution in [-0.2, 0) is 25.4 Å². The fourth-order valence-electron chi connectivity index (χ4n) is 5.13. The number of benzene rings is 4. The number of rotatable bonds is 11. The van der Waals surface area contributed by atoms with E-state index in [2.05, 4.69) is 0 Å². The van der Waals surface area contributed by atoms with Crippen molar-refractivity contribution in [2.45, 2.75) is 37.9 Å². The maximum absolute atomic E-state index is 13.3. The number of aromatic hydroxyl groups is 1. The molecule has 5 atom stereocenters. The Bertz CT molecular complexity index is 1610. The number of hydrogen-bond acceptors (Lipinski definition) is 10. The van der Waals surface area contributed by atoms with Gasteiger partial charge in [0.2, 0.25) is 6.29 Å². The first-order chi connectivity index (χ1) is 22.3. The maximum atomic E-state index is 13.3. The lowest BCUT2D eigenvalue weighted by Crippen LogP contribution is -2.59. The third-order valence-corrected chi connectivity index (χ3v) is 7.57. The Kier molecular flexibility index (Phi) is 10.6. The Morgan fingerprint density at radius 1 is 0.739 bits per heavy atom. The monoisotopic (exact) mass is 625 g/mol. The van der Waals surface area contributed by atoms with Gasteiger partial charge in [0.1, 0.15) is 18.8 Å². The van der Waals surface area contributed by atoms with Gasteiger partial charge in [-0.05, 0) is 67.1 Å². The van der Waals surface area contributed by atoms with Crippen LogP contribution in [0.25, 0.3) is 0 Å². The van der Waals surface area contributed by atoms with Crippen LogP contribution in [0, 0.1) is 5.92 Å². The Hall–Kier alpha value is -5.19. The second-order valence-electron chi connectivity index (χ2n) is 10.8. The van der Waals surface area contributed by atoms with E-state index in [9.17, 15) is 19.5 Å². The summed E-state index contributed by atoms with van der Waals surface area (Å²) >= 11 is 0. The number of ether oxygens (including phenoxy) is 5. The van der Waals surface area contributed by atoms with Crippen LogP contribution in [0.4, 0.5) is 0 Å². The molecule has 0 radical (unpaired) electrons. The summed E-state index contributed by atoms with van der Waals surface area (Å²) < 4.78 is 29.9. The third kappa shape index (κ3) is 7.90. The molecule has 1 saturated heterocycles. The molecule has 46 heavy (non-hydrogen) atoms. The summed E-state index contributed by atoms with van der Waals surface area (Å²) in [6, 6.07) is 30.1. The van der Waals surface area contributed by atoms with Gasteiger partial charge in [0, 0.05) is 5.92 Å². The fraction of sp³-hybridized carbons (Fsp3) is 0.250. The summed E-state index contributed by atoms with van der Waals surface area (Å²) in [4.78, 5) is 39.4. The zero-order chi connectivity index (χ0) is 32.5. The van der Waals surface area contributed by atoms with Crippen molar-refractivity contribution < 1.29 is 43.2 Å². The van der Waals surface area contributed by atoms with E-state index in [-0.39, 0.29) is 18.1 Å². The highest BCUT2D eigenvalue weighted by Gasteiger charge is 2.50. The fourth-order valence-corrected chi connectivity index (χ4v) is 5.13. The largest absolute Gasteiger partial charge is 0.504 e. The first-order valence-corrected chi connectivity index (χ1v) is 14.9. The molecular weight excluding hydrogens is 590 g/mol. The zero-order valence-electron chi connectivity index (χ0n) is 25.2. The molecular formula is C36H35NO9. The average molecular weight is 626 g/mol. The molecule has 4 aromatic rings. The predicted octanol–water partition coefficient (Wildman–Crippen LogP) is 4.94. The van der Waals surface area contributed by atoms with E-state index in [0.717, 1.165) is 5.56 Å². The van der Waals surface area contributed by atoms with Crippen molar-refractivity contribution in [3.63, 3.8) is 0 Å². The van der Waals surface area contributed by atoms with Crippen LogP contribution in [0.5, 0.6) is 11.5 Å². The van der Waals surface area contributed by atoms with E-state index < -0.39 is 48.4 Å². The number of carbonyl (C=O) groups is 3. The molecule has 238 valence electrons. The van der Waals surface area contributed by atoms with Crippen molar-refractivity contribution in [1.82, 2.24) is 0 Å². The zero-order valence-corrected chi connectivity index (χ0v) is 25.2. The molecule has 5 rings (SSSR count). The molecule has 0 spiro atoms. The van der Waals surface area contributed by atoms with Crippen LogP contribution in [-0.4, -0.2) is 60.8 Å². The highest BCUT2D eigenvalue weighted by atomic mass is 16.7. The lowest BCUT2D eigenvalue weighted by atomic mass is 9.90. The van der Waals surface area contributed by atoms with Crippen molar-refractivity contribution in [2.75, 3.05) is 13.2 Å². The molecule has 0 amide bonds. The molecule has 0 aromatic heterocycles. The summed E-state index contributed by atoms with van der Waals surface area (Å²) in [7, 11) is 0.